The maximum atomic E-state index is 10.5. The number of ether oxygens (including phenoxy) is 2. The van der Waals surface area contributed by atoms with Gasteiger partial charge in [0.05, 0.1) is 19.3 Å². The normalized spacial score (nSPS) is 32.9. The Labute approximate surface area is 131 Å². The van der Waals surface area contributed by atoms with Gasteiger partial charge in [-0.05, 0) is 37.0 Å². The van der Waals surface area contributed by atoms with Gasteiger partial charge >= 0.3 is 0 Å². The maximum absolute atomic E-state index is 10.5. The van der Waals surface area contributed by atoms with Crippen LogP contribution in [-0.2, 0) is 4.74 Å². The van der Waals surface area contributed by atoms with Gasteiger partial charge in [0, 0.05) is 30.5 Å². The van der Waals surface area contributed by atoms with Crippen LogP contribution in [0.15, 0.2) is 24.3 Å². The first-order valence-corrected chi connectivity index (χ1v) is 8.41. The predicted molar refractivity (Wildman–Crippen MR) is 83.9 cm³/mol. The molecule has 4 heteroatoms. The summed E-state index contributed by atoms with van der Waals surface area (Å²) >= 11 is 0. The minimum absolute atomic E-state index is 0.370. The third-order valence-electron chi connectivity index (χ3n) is 6.05. The van der Waals surface area contributed by atoms with E-state index in [1.807, 2.05) is 24.3 Å². The second-order valence-electron chi connectivity index (χ2n) is 7.01. The van der Waals surface area contributed by atoms with Crippen LogP contribution in [0.2, 0.25) is 0 Å². The number of aliphatic hydroxyl groups excluding tert-OH is 1. The molecule has 1 aliphatic heterocycles. The molecule has 0 amide bonds. The van der Waals surface area contributed by atoms with Gasteiger partial charge in [0.2, 0.25) is 0 Å². The van der Waals surface area contributed by atoms with E-state index >= 15 is 0 Å². The van der Waals surface area contributed by atoms with Gasteiger partial charge in [-0.25, -0.2) is 0 Å². The van der Waals surface area contributed by atoms with Crippen molar-refractivity contribution >= 4 is 0 Å². The van der Waals surface area contributed by atoms with Crippen molar-refractivity contribution in [3.8, 4) is 5.75 Å². The highest BCUT2D eigenvalue weighted by molar-refractivity contribution is 5.30. The van der Waals surface area contributed by atoms with Crippen LogP contribution in [0.1, 0.15) is 37.4 Å². The number of hydrogen-bond donors (Lipinski definition) is 2. The number of fused-ring (bicyclic) bond motifs is 2. The summed E-state index contributed by atoms with van der Waals surface area (Å²) in [5.41, 5.74) is 1.28. The number of nitrogens with one attached hydrogen (secondary N) is 1. The first-order chi connectivity index (χ1) is 10.7. The number of methoxy groups -OCH3 is 1. The molecule has 4 atom stereocenters. The number of aliphatic hydroxyl groups is 1. The summed E-state index contributed by atoms with van der Waals surface area (Å²) in [7, 11) is 1.65. The molecular formula is C18H25NO3. The van der Waals surface area contributed by atoms with Crippen LogP contribution in [0, 0.1) is 11.3 Å². The van der Waals surface area contributed by atoms with Crippen LogP contribution in [0.5, 0.6) is 5.75 Å². The monoisotopic (exact) mass is 303 g/mol. The van der Waals surface area contributed by atoms with Gasteiger partial charge in [-0.2, -0.15) is 0 Å². The SMILES string of the molecule is COc1cccc(C(O)CNC2[C@H]3CCO[C@H]3C23CCC3)c1. The maximum Gasteiger partial charge on any atom is 0.119 e. The zero-order valence-corrected chi connectivity index (χ0v) is 13.1. The second-order valence-corrected chi connectivity index (χ2v) is 7.01. The van der Waals surface area contributed by atoms with Gasteiger partial charge in [-0.3, -0.25) is 0 Å². The van der Waals surface area contributed by atoms with Crippen molar-refractivity contribution in [3.05, 3.63) is 29.8 Å². The van der Waals surface area contributed by atoms with E-state index in [1.165, 1.54) is 25.7 Å². The van der Waals surface area contributed by atoms with Crippen molar-refractivity contribution in [2.75, 3.05) is 20.3 Å². The van der Waals surface area contributed by atoms with E-state index < -0.39 is 6.10 Å². The van der Waals surface area contributed by atoms with Gasteiger partial charge in [-0.15, -0.1) is 0 Å². The molecule has 3 aliphatic rings. The van der Waals surface area contributed by atoms with Crippen molar-refractivity contribution < 1.29 is 14.6 Å². The molecule has 1 aromatic carbocycles. The number of benzene rings is 1. The Kier molecular flexibility index (Phi) is 3.63. The molecule has 4 rings (SSSR count). The van der Waals surface area contributed by atoms with Crippen molar-refractivity contribution in [1.82, 2.24) is 5.32 Å². The van der Waals surface area contributed by atoms with Gasteiger partial charge in [0.1, 0.15) is 5.75 Å². The third kappa shape index (κ3) is 2.08. The van der Waals surface area contributed by atoms with Gasteiger partial charge < -0.3 is 19.9 Å². The standard InChI is InChI=1S/C18H25NO3/c1-21-13-5-2-4-12(10-13)15(20)11-19-16-14-6-9-22-17(14)18(16)7-3-8-18/h2,4-5,10,14-17,19-20H,3,6-9,11H2,1H3/t14-,15?,16?,17-/m1/s1. The number of rotatable bonds is 5. The minimum Gasteiger partial charge on any atom is -0.497 e. The van der Waals surface area contributed by atoms with Crippen molar-refractivity contribution in [3.63, 3.8) is 0 Å². The lowest BCUT2D eigenvalue weighted by atomic mass is 9.46. The minimum atomic E-state index is -0.492. The summed E-state index contributed by atoms with van der Waals surface area (Å²) in [5.74, 6) is 1.44. The zero-order chi connectivity index (χ0) is 15.2. The van der Waals surface area contributed by atoms with Crippen molar-refractivity contribution in [2.24, 2.45) is 11.3 Å². The first-order valence-electron chi connectivity index (χ1n) is 8.41. The highest BCUT2D eigenvalue weighted by Crippen LogP contribution is 2.62. The van der Waals surface area contributed by atoms with Gasteiger partial charge in [-0.1, -0.05) is 18.6 Å². The molecule has 2 aliphatic carbocycles. The summed E-state index contributed by atoms with van der Waals surface area (Å²) in [6.45, 7) is 1.51. The molecule has 2 unspecified atom stereocenters. The van der Waals surface area contributed by atoms with Crippen LogP contribution < -0.4 is 10.1 Å². The highest BCUT2D eigenvalue weighted by Gasteiger charge is 2.66. The lowest BCUT2D eigenvalue weighted by Gasteiger charge is -2.63. The van der Waals surface area contributed by atoms with Gasteiger partial charge in [0.15, 0.2) is 0 Å². The Morgan fingerprint density at radius 1 is 1.45 bits per heavy atom. The molecule has 2 N–H and O–H groups in total. The summed E-state index contributed by atoms with van der Waals surface area (Å²) in [6.07, 6.45) is 5.03. The molecule has 1 spiro atoms. The third-order valence-corrected chi connectivity index (χ3v) is 6.05. The van der Waals surface area contributed by atoms with Crippen LogP contribution in [0.3, 0.4) is 0 Å². The molecular weight excluding hydrogens is 278 g/mol. The zero-order valence-electron chi connectivity index (χ0n) is 13.1. The van der Waals surface area contributed by atoms with Crippen molar-refractivity contribution in [2.45, 2.75) is 43.9 Å². The fourth-order valence-electron chi connectivity index (χ4n) is 4.77. The summed E-state index contributed by atoms with van der Waals surface area (Å²) in [4.78, 5) is 0. The molecule has 0 bridgehead atoms. The van der Waals surface area contributed by atoms with E-state index in [0.717, 1.165) is 17.9 Å². The van der Waals surface area contributed by atoms with Gasteiger partial charge in [0.25, 0.3) is 0 Å². The average Bonchev–Trinajstić information content (AvgIpc) is 2.91. The molecule has 2 saturated carbocycles. The molecule has 3 fully saturated rings. The van der Waals surface area contributed by atoms with E-state index in [-0.39, 0.29) is 0 Å². The average molecular weight is 303 g/mol. The van der Waals surface area contributed by atoms with E-state index in [2.05, 4.69) is 5.32 Å². The summed E-state index contributed by atoms with van der Waals surface area (Å²) in [6, 6.07) is 8.22. The molecule has 1 aromatic rings. The topological polar surface area (TPSA) is 50.7 Å². The quantitative estimate of drug-likeness (QED) is 0.876. The predicted octanol–water partition coefficient (Wildman–Crippen LogP) is 2.28. The molecule has 22 heavy (non-hydrogen) atoms. The van der Waals surface area contributed by atoms with Crippen LogP contribution in [0.25, 0.3) is 0 Å². The Balaban J connectivity index is 1.39. The Morgan fingerprint density at radius 3 is 3.05 bits per heavy atom. The molecule has 0 aromatic heterocycles. The van der Waals surface area contributed by atoms with E-state index in [0.29, 0.717) is 30.0 Å². The largest absolute Gasteiger partial charge is 0.497 e. The molecule has 1 heterocycles. The lowest BCUT2D eigenvalue weighted by molar-refractivity contribution is -0.177. The lowest BCUT2D eigenvalue weighted by Crippen LogP contribution is -2.71. The Hall–Kier alpha value is -1.10. The molecule has 120 valence electrons. The van der Waals surface area contributed by atoms with E-state index in [1.54, 1.807) is 7.11 Å². The number of hydrogen-bond acceptors (Lipinski definition) is 4. The van der Waals surface area contributed by atoms with Crippen LogP contribution in [0.4, 0.5) is 0 Å². The smallest absolute Gasteiger partial charge is 0.119 e. The summed E-state index contributed by atoms with van der Waals surface area (Å²) < 4.78 is 11.2. The fraction of sp³-hybridized carbons (Fsp3) is 0.667. The second kappa shape index (κ2) is 5.52. The molecule has 1 saturated heterocycles. The van der Waals surface area contributed by atoms with E-state index in [4.69, 9.17) is 9.47 Å². The summed E-state index contributed by atoms with van der Waals surface area (Å²) in [5, 5.41) is 14.1. The fourth-order valence-corrected chi connectivity index (χ4v) is 4.77. The van der Waals surface area contributed by atoms with Crippen LogP contribution in [-0.4, -0.2) is 37.5 Å². The van der Waals surface area contributed by atoms with E-state index in [9.17, 15) is 5.11 Å². The Bertz CT molecular complexity index is 543. The highest BCUT2D eigenvalue weighted by atomic mass is 16.5. The van der Waals surface area contributed by atoms with Crippen LogP contribution >= 0.6 is 0 Å². The van der Waals surface area contributed by atoms with Crippen molar-refractivity contribution in [1.29, 1.82) is 0 Å². The molecule has 4 nitrogen and oxygen atoms in total. The first kappa shape index (κ1) is 14.5. The Morgan fingerprint density at radius 2 is 2.32 bits per heavy atom. The molecule has 0 radical (unpaired) electrons.